The van der Waals surface area contributed by atoms with Gasteiger partial charge in [0.05, 0.1) is 17.1 Å². The molecule has 0 atom stereocenters. The molecule has 1 aliphatic rings. The average molecular weight is 546 g/mol. The molecule has 196 valence electrons. The first kappa shape index (κ1) is 27.0. The van der Waals surface area contributed by atoms with Gasteiger partial charge in [-0.3, -0.25) is 4.79 Å². The Morgan fingerprint density at radius 1 is 0.973 bits per heavy atom. The molecule has 1 aromatic heterocycles. The lowest BCUT2D eigenvalue weighted by atomic mass is 10.1. The van der Waals surface area contributed by atoms with Crippen molar-refractivity contribution in [2.24, 2.45) is 0 Å². The van der Waals surface area contributed by atoms with Crippen molar-refractivity contribution in [3.63, 3.8) is 0 Å². The molecule has 8 nitrogen and oxygen atoms in total. The Kier molecular flexibility index (Phi) is 8.41. The third-order valence-electron chi connectivity index (χ3n) is 6.25. The molecule has 1 amide bonds. The lowest BCUT2D eigenvalue weighted by Gasteiger charge is -2.29. The third-order valence-corrected chi connectivity index (χ3v) is 8.54. The molecular formula is C26H29ClFN5O3S. The van der Waals surface area contributed by atoms with Crippen molar-refractivity contribution in [1.29, 1.82) is 0 Å². The minimum atomic E-state index is -3.87. The molecule has 4 rings (SSSR count). The highest BCUT2D eigenvalue weighted by Gasteiger charge is 2.31. The summed E-state index contributed by atoms with van der Waals surface area (Å²) in [7, 11) is -3.87. The van der Waals surface area contributed by atoms with E-state index in [1.165, 1.54) is 40.7 Å². The SMILES string of the molecule is CC(C)N(CC(=O)N1CCCN(c2ccc(-c3ccc(F)cc3)nn2)CC1)S(=O)(=O)c1ccc(Cl)cc1. The largest absolute Gasteiger partial charge is 0.353 e. The lowest BCUT2D eigenvalue weighted by Crippen LogP contribution is -2.46. The van der Waals surface area contributed by atoms with E-state index in [1.54, 1.807) is 30.9 Å². The van der Waals surface area contributed by atoms with Crippen LogP contribution >= 0.6 is 11.6 Å². The Morgan fingerprint density at radius 3 is 2.30 bits per heavy atom. The highest BCUT2D eigenvalue weighted by molar-refractivity contribution is 7.89. The summed E-state index contributed by atoms with van der Waals surface area (Å²) in [6.45, 7) is 5.44. The van der Waals surface area contributed by atoms with Crippen molar-refractivity contribution in [2.75, 3.05) is 37.6 Å². The minimum Gasteiger partial charge on any atom is -0.353 e. The highest BCUT2D eigenvalue weighted by atomic mass is 35.5. The molecule has 1 fully saturated rings. The van der Waals surface area contributed by atoms with Gasteiger partial charge in [0.25, 0.3) is 0 Å². The molecule has 2 heterocycles. The van der Waals surface area contributed by atoms with E-state index in [2.05, 4.69) is 15.1 Å². The monoisotopic (exact) mass is 545 g/mol. The average Bonchev–Trinajstić information content (AvgIpc) is 3.14. The van der Waals surface area contributed by atoms with E-state index in [-0.39, 0.29) is 23.2 Å². The number of amides is 1. The molecule has 0 unspecified atom stereocenters. The zero-order chi connectivity index (χ0) is 26.6. The van der Waals surface area contributed by atoms with Crippen molar-refractivity contribution >= 4 is 33.3 Å². The van der Waals surface area contributed by atoms with E-state index >= 15 is 0 Å². The fourth-order valence-corrected chi connectivity index (χ4v) is 5.90. The van der Waals surface area contributed by atoms with Gasteiger partial charge in [0.15, 0.2) is 5.82 Å². The number of carbonyl (C=O) groups excluding carboxylic acids is 1. The van der Waals surface area contributed by atoms with E-state index in [0.29, 0.717) is 49.1 Å². The molecule has 11 heteroatoms. The normalized spacial score (nSPS) is 14.8. The molecule has 0 radical (unpaired) electrons. The van der Waals surface area contributed by atoms with Crippen LogP contribution in [-0.4, -0.2) is 72.5 Å². The fourth-order valence-electron chi connectivity index (χ4n) is 4.18. The maximum Gasteiger partial charge on any atom is 0.243 e. The number of benzene rings is 2. The minimum absolute atomic E-state index is 0.100. The van der Waals surface area contributed by atoms with Crippen molar-refractivity contribution in [3.8, 4) is 11.3 Å². The summed E-state index contributed by atoms with van der Waals surface area (Å²) in [5, 5.41) is 9.06. The summed E-state index contributed by atoms with van der Waals surface area (Å²) < 4.78 is 40.9. The molecule has 2 aromatic carbocycles. The summed E-state index contributed by atoms with van der Waals surface area (Å²) in [6, 6.07) is 15.3. The Balaban J connectivity index is 1.41. The molecule has 1 saturated heterocycles. The standard InChI is InChI=1S/C26H29ClFN5O3S/c1-19(2)33(37(35,36)23-10-6-21(27)7-11-23)18-26(34)32-15-3-14-31(16-17-32)25-13-12-24(29-30-25)20-4-8-22(28)9-5-20/h4-13,19H,3,14-18H2,1-2H3. The van der Waals surface area contributed by atoms with E-state index in [9.17, 15) is 17.6 Å². The molecular weight excluding hydrogens is 517 g/mol. The van der Waals surface area contributed by atoms with Gasteiger partial charge >= 0.3 is 0 Å². The summed E-state index contributed by atoms with van der Waals surface area (Å²) in [5.41, 5.74) is 1.42. The van der Waals surface area contributed by atoms with Gasteiger partial charge in [-0.2, -0.15) is 4.31 Å². The number of halogens is 2. The van der Waals surface area contributed by atoms with Crippen molar-refractivity contribution in [2.45, 2.75) is 31.2 Å². The van der Waals surface area contributed by atoms with Crippen LogP contribution in [0.4, 0.5) is 10.2 Å². The van der Waals surface area contributed by atoms with Crippen LogP contribution in [0.25, 0.3) is 11.3 Å². The van der Waals surface area contributed by atoms with Crippen LogP contribution in [0.3, 0.4) is 0 Å². The van der Waals surface area contributed by atoms with E-state index < -0.39 is 16.1 Å². The van der Waals surface area contributed by atoms with Gasteiger partial charge in [-0.15, -0.1) is 10.2 Å². The van der Waals surface area contributed by atoms with Crippen molar-refractivity contribution in [1.82, 2.24) is 19.4 Å². The van der Waals surface area contributed by atoms with Crippen LogP contribution in [0.1, 0.15) is 20.3 Å². The third kappa shape index (κ3) is 6.44. The Morgan fingerprint density at radius 2 is 1.68 bits per heavy atom. The van der Waals surface area contributed by atoms with Crippen molar-refractivity contribution < 1.29 is 17.6 Å². The Hall–Kier alpha value is -3.08. The number of aromatic nitrogens is 2. The molecule has 0 N–H and O–H groups in total. The molecule has 1 aliphatic heterocycles. The van der Waals surface area contributed by atoms with Gasteiger partial charge in [0, 0.05) is 42.8 Å². The van der Waals surface area contributed by atoms with Crippen LogP contribution in [0.15, 0.2) is 65.6 Å². The van der Waals surface area contributed by atoms with E-state index in [4.69, 9.17) is 11.6 Å². The van der Waals surface area contributed by atoms with Gasteiger partial charge in [-0.1, -0.05) is 11.6 Å². The van der Waals surface area contributed by atoms with Gasteiger partial charge in [-0.05, 0) is 80.9 Å². The maximum absolute atomic E-state index is 13.2. The van der Waals surface area contributed by atoms with Crippen LogP contribution < -0.4 is 4.90 Å². The number of sulfonamides is 1. The zero-order valence-electron chi connectivity index (χ0n) is 20.7. The van der Waals surface area contributed by atoms with Gasteiger partial charge in [-0.25, -0.2) is 12.8 Å². The second-order valence-corrected chi connectivity index (χ2v) is 11.4. The zero-order valence-corrected chi connectivity index (χ0v) is 22.3. The lowest BCUT2D eigenvalue weighted by molar-refractivity contribution is -0.131. The van der Waals surface area contributed by atoms with Gasteiger partial charge < -0.3 is 9.80 Å². The number of rotatable bonds is 7. The Bertz CT molecular complexity index is 1320. The second-order valence-electron chi connectivity index (χ2n) is 9.10. The molecule has 3 aromatic rings. The number of hydrogen-bond donors (Lipinski definition) is 0. The molecule has 0 saturated carbocycles. The quantitative estimate of drug-likeness (QED) is 0.445. The first-order chi connectivity index (χ1) is 17.6. The summed E-state index contributed by atoms with van der Waals surface area (Å²) in [6.07, 6.45) is 0.707. The van der Waals surface area contributed by atoms with Crippen molar-refractivity contribution in [3.05, 3.63) is 71.5 Å². The highest BCUT2D eigenvalue weighted by Crippen LogP contribution is 2.22. The van der Waals surface area contributed by atoms with E-state index in [0.717, 1.165) is 5.56 Å². The topological polar surface area (TPSA) is 86.7 Å². The number of hydrogen-bond acceptors (Lipinski definition) is 6. The first-order valence-corrected chi connectivity index (χ1v) is 13.9. The molecule has 37 heavy (non-hydrogen) atoms. The smallest absolute Gasteiger partial charge is 0.243 e. The van der Waals surface area contributed by atoms with E-state index in [1.807, 2.05) is 12.1 Å². The van der Waals surface area contributed by atoms with Gasteiger partial charge in [0.1, 0.15) is 5.82 Å². The summed E-state index contributed by atoms with van der Waals surface area (Å²) >= 11 is 5.91. The predicted octanol–water partition coefficient (Wildman–Crippen LogP) is 4.07. The molecule has 0 aliphatic carbocycles. The van der Waals surface area contributed by atoms with Crippen LogP contribution in [-0.2, 0) is 14.8 Å². The van der Waals surface area contributed by atoms with Gasteiger partial charge in [0.2, 0.25) is 15.9 Å². The maximum atomic E-state index is 13.2. The fraction of sp³-hybridized carbons (Fsp3) is 0.346. The summed E-state index contributed by atoms with van der Waals surface area (Å²) in [4.78, 5) is 17.0. The van der Waals surface area contributed by atoms with Crippen LogP contribution in [0.2, 0.25) is 5.02 Å². The number of nitrogens with zero attached hydrogens (tertiary/aromatic N) is 5. The van der Waals surface area contributed by atoms with Crippen LogP contribution in [0, 0.1) is 5.82 Å². The second kappa shape index (κ2) is 11.5. The first-order valence-electron chi connectivity index (χ1n) is 12.0. The Labute approximate surface area is 221 Å². The number of anilines is 1. The van der Waals surface area contributed by atoms with Crippen LogP contribution in [0.5, 0.6) is 0 Å². The number of carbonyl (C=O) groups is 1. The molecule has 0 bridgehead atoms. The summed E-state index contributed by atoms with van der Waals surface area (Å²) in [5.74, 6) is 0.135. The molecule has 0 spiro atoms. The predicted molar refractivity (Wildman–Crippen MR) is 141 cm³/mol.